The van der Waals surface area contributed by atoms with E-state index in [4.69, 9.17) is 0 Å². The van der Waals surface area contributed by atoms with Crippen LogP contribution >= 0.6 is 0 Å². The molecule has 0 unspecified atom stereocenters. The van der Waals surface area contributed by atoms with Gasteiger partial charge in [-0.15, -0.1) is 0 Å². The monoisotopic (exact) mass is 290 g/mol. The van der Waals surface area contributed by atoms with Crippen molar-refractivity contribution in [1.82, 2.24) is 0 Å². The fourth-order valence-corrected chi connectivity index (χ4v) is 3.14. The maximum Gasteiger partial charge on any atom is 0.139 e. The van der Waals surface area contributed by atoms with E-state index < -0.39 is 0 Å². The normalized spacial score (nSPS) is 15.1. The first-order valence-electron chi connectivity index (χ1n) is 8.10. The molecule has 1 aliphatic rings. The zero-order valence-corrected chi connectivity index (χ0v) is 13.0. The molecule has 0 amide bonds. The third-order valence-electron chi connectivity index (χ3n) is 4.45. The zero-order valence-electron chi connectivity index (χ0n) is 13.0. The molecule has 22 heavy (non-hydrogen) atoms. The highest BCUT2D eigenvalue weighted by Gasteiger charge is 2.14. The van der Waals surface area contributed by atoms with Crippen LogP contribution in [-0.4, -0.2) is 7.85 Å². The predicted octanol–water partition coefficient (Wildman–Crippen LogP) is 3.53. The Hall–Kier alpha value is -2.01. The molecule has 110 valence electrons. The Labute approximate surface area is 133 Å². The van der Waals surface area contributed by atoms with Crippen molar-refractivity contribution in [2.45, 2.75) is 38.0 Å². The molecule has 1 fully saturated rings. The average Bonchev–Trinajstić information content (AvgIpc) is 2.55. The van der Waals surface area contributed by atoms with E-state index in [1.165, 1.54) is 43.7 Å². The molecule has 0 radical (unpaired) electrons. The van der Waals surface area contributed by atoms with Crippen LogP contribution in [0, 0.1) is 17.7 Å². The number of halogens is 1. The number of hydrogen-bond donors (Lipinski definition) is 0. The lowest BCUT2D eigenvalue weighted by molar-refractivity contribution is 0.443. The maximum atomic E-state index is 13.8. The second kappa shape index (κ2) is 6.84. The van der Waals surface area contributed by atoms with Gasteiger partial charge in [-0.3, -0.25) is 0 Å². The molecule has 0 nitrogen and oxygen atoms in total. The zero-order chi connectivity index (χ0) is 15.4. The molecule has 2 aromatic carbocycles. The molecule has 0 spiro atoms. The molecule has 2 aromatic rings. The molecule has 0 saturated heterocycles. The first-order valence-corrected chi connectivity index (χ1v) is 8.10. The van der Waals surface area contributed by atoms with Crippen LogP contribution < -0.4 is 5.46 Å². The van der Waals surface area contributed by atoms with Crippen molar-refractivity contribution in [3.63, 3.8) is 0 Å². The Balaban J connectivity index is 1.75. The van der Waals surface area contributed by atoms with E-state index in [1.54, 1.807) is 6.07 Å². The summed E-state index contributed by atoms with van der Waals surface area (Å²) in [5.41, 5.74) is 3.74. The molecule has 0 aromatic heterocycles. The summed E-state index contributed by atoms with van der Waals surface area (Å²) in [4.78, 5) is 0. The Morgan fingerprint density at radius 2 is 1.64 bits per heavy atom. The standard InChI is InChI=1S/C20H20BF/c21-19-13-12-18(20(22)14-19)11-8-15-6-9-17(10-7-15)16-4-2-1-3-5-16/h6-7,9-10,12-14,16H,1-5,21H2. The minimum atomic E-state index is -0.244. The van der Waals surface area contributed by atoms with Crippen molar-refractivity contribution in [3.8, 4) is 11.8 Å². The van der Waals surface area contributed by atoms with Gasteiger partial charge in [-0.1, -0.05) is 54.8 Å². The third kappa shape index (κ3) is 3.60. The highest BCUT2D eigenvalue weighted by molar-refractivity contribution is 6.32. The van der Waals surface area contributed by atoms with Crippen molar-refractivity contribution in [1.29, 1.82) is 0 Å². The first kappa shape index (κ1) is 14.9. The summed E-state index contributed by atoms with van der Waals surface area (Å²) in [7, 11) is 1.88. The van der Waals surface area contributed by atoms with Crippen molar-refractivity contribution in [2.24, 2.45) is 0 Å². The minimum Gasteiger partial charge on any atom is -0.206 e. The topological polar surface area (TPSA) is 0 Å². The molecule has 2 heteroatoms. The van der Waals surface area contributed by atoms with Crippen LogP contribution in [0.1, 0.15) is 54.7 Å². The molecule has 1 saturated carbocycles. The van der Waals surface area contributed by atoms with E-state index in [0.717, 1.165) is 11.0 Å². The van der Waals surface area contributed by atoms with Gasteiger partial charge in [0, 0.05) is 5.56 Å². The van der Waals surface area contributed by atoms with Gasteiger partial charge >= 0.3 is 0 Å². The summed E-state index contributed by atoms with van der Waals surface area (Å²) >= 11 is 0. The molecule has 1 aliphatic carbocycles. The van der Waals surface area contributed by atoms with Gasteiger partial charge in [-0.05, 0) is 48.6 Å². The van der Waals surface area contributed by atoms with Gasteiger partial charge in [-0.2, -0.15) is 0 Å². The SMILES string of the molecule is Bc1ccc(C#Cc2ccc(C3CCCCC3)cc2)c(F)c1. The van der Waals surface area contributed by atoms with Crippen LogP contribution in [-0.2, 0) is 0 Å². The summed E-state index contributed by atoms with van der Waals surface area (Å²) in [5.74, 6) is 6.46. The van der Waals surface area contributed by atoms with E-state index in [1.807, 2.05) is 13.9 Å². The van der Waals surface area contributed by atoms with Crippen LogP contribution in [0.3, 0.4) is 0 Å². The quantitative estimate of drug-likeness (QED) is 0.557. The lowest BCUT2D eigenvalue weighted by atomic mass is 9.84. The van der Waals surface area contributed by atoms with Crippen molar-refractivity contribution >= 4 is 13.3 Å². The Bertz CT molecular complexity index is 701. The van der Waals surface area contributed by atoms with E-state index in [-0.39, 0.29) is 5.82 Å². The van der Waals surface area contributed by atoms with Gasteiger partial charge in [0.25, 0.3) is 0 Å². The average molecular weight is 290 g/mol. The number of hydrogen-bond acceptors (Lipinski definition) is 0. The highest BCUT2D eigenvalue weighted by atomic mass is 19.1. The first-order chi connectivity index (χ1) is 10.7. The summed E-state index contributed by atoms with van der Waals surface area (Å²) in [6.45, 7) is 0. The van der Waals surface area contributed by atoms with Crippen molar-refractivity contribution < 1.29 is 4.39 Å². The molecule has 0 N–H and O–H groups in total. The summed E-state index contributed by atoms with van der Waals surface area (Å²) in [5, 5.41) is 0. The molecule has 0 aliphatic heterocycles. The minimum absolute atomic E-state index is 0.244. The van der Waals surface area contributed by atoms with Gasteiger partial charge in [0.15, 0.2) is 0 Å². The molecular weight excluding hydrogens is 270 g/mol. The van der Waals surface area contributed by atoms with Crippen LogP contribution in [0.2, 0.25) is 0 Å². The molecular formula is C20H20BF. The summed E-state index contributed by atoms with van der Waals surface area (Å²) < 4.78 is 13.8. The van der Waals surface area contributed by atoms with E-state index in [0.29, 0.717) is 11.5 Å². The molecule has 3 rings (SSSR count). The number of benzene rings is 2. The largest absolute Gasteiger partial charge is 0.206 e. The van der Waals surface area contributed by atoms with Crippen LogP contribution in [0.5, 0.6) is 0 Å². The third-order valence-corrected chi connectivity index (χ3v) is 4.45. The second-order valence-electron chi connectivity index (χ2n) is 6.19. The second-order valence-corrected chi connectivity index (χ2v) is 6.19. The van der Waals surface area contributed by atoms with Crippen LogP contribution in [0.25, 0.3) is 0 Å². The number of rotatable bonds is 1. The van der Waals surface area contributed by atoms with Crippen LogP contribution in [0.15, 0.2) is 42.5 Å². The van der Waals surface area contributed by atoms with Gasteiger partial charge in [0.1, 0.15) is 13.7 Å². The van der Waals surface area contributed by atoms with E-state index >= 15 is 0 Å². The highest BCUT2D eigenvalue weighted by Crippen LogP contribution is 2.32. The Kier molecular flexibility index (Phi) is 4.63. The van der Waals surface area contributed by atoms with Crippen LogP contribution in [0.4, 0.5) is 4.39 Å². The molecule has 0 heterocycles. The molecule has 0 atom stereocenters. The van der Waals surface area contributed by atoms with Crippen molar-refractivity contribution in [3.05, 3.63) is 65.0 Å². The molecule has 0 bridgehead atoms. The summed E-state index contributed by atoms with van der Waals surface area (Å²) in [6, 6.07) is 13.6. The smallest absolute Gasteiger partial charge is 0.139 e. The lowest BCUT2D eigenvalue weighted by Crippen LogP contribution is -2.04. The van der Waals surface area contributed by atoms with Gasteiger partial charge in [-0.25, -0.2) is 4.39 Å². The van der Waals surface area contributed by atoms with E-state index in [2.05, 4.69) is 36.1 Å². The maximum absolute atomic E-state index is 13.8. The van der Waals surface area contributed by atoms with E-state index in [9.17, 15) is 4.39 Å². The fraction of sp³-hybridized carbons (Fsp3) is 0.300. The fourth-order valence-electron chi connectivity index (χ4n) is 3.14. The van der Waals surface area contributed by atoms with Gasteiger partial charge in [0.05, 0.1) is 5.56 Å². The van der Waals surface area contributed by atoms with Crippen molar-refractivity contribution in [2.75, 3.05) is 0 Å². The van der Waals surface area contributed by atoms with Gasteiger partial charge < -0.3 is 0 Å². The Morgan fingerprint density at radius 1 is 0.909 bits per heavy atom. The predicted molar refractivity (Wildman–Crippen MR) is 92.8 cm³/mol. The summed E-state index contributed by atoms with van der Waals surface area (Å²) in [6.07, 6.45) is 6.68. The van der Waals surface area contributed by atoms with Gasteiger partial charge in [0.2, 0.25) is 0 Å². The Morgan fingerprint density at radius 3 is 2.32 bits per heavy atom. The lowest BCUT2D eigenvalue weighted by Gasteiger charge is -2.21.